The minimum Gasteiger partial charge on any atom is -0.494 e. The molecule has 0 unspecified atom stereocenters. The second kappa shape index (κ2) is 9.78. The van der Waals surface area contributed by atoms with E-state index in [-0.39, 0.29) is 6.42 Å². The van der Waals surface area contributed by atoms with Crippen LogP contribution in [-0.2, 0) is 14.3 Å². The summed E-state index contributed by atoms with van der Waals surface area (Å²) >= 11 is 3.32. The van der Waals surface area contributed by atoms with E-state index < -0.39 is 24.5 Å². The Morgan fingerprint density at radius 1 is 1.18 bits per heavy atom. The summed E-state index contributed by atoms with van der Waals surface area (Å²) in [6, 6.07) is 6.68. The highest BCUT2D eigenvalue weighted by Crippen LogP contribution is 2.16. The summed E-state index contributed by atoms with van der Waals surface area (Å²) in [5.41, 5.74) is 0. The number of imide groups is 1. The third kappa shape index (κ3) is 7.63. The summed E-state index contributed by atoms with van der Waals surface area (Å²) in [6.45, 7) is -0.124. The highest BCUT2D eigenvalue weighted by Gasteiger charge is 2.09. The number of ether oxygens (including phenoxy) is 2. The van der Waals surface area contributed by atoms with Gasteiger partial charge in [-0.3, -0.25) is 14.9 Å². The quantitative estimate of drug-likeness (QED) is 0.560. The van der Waals surface area contributed by atoms with E-state index in [1.165, 1.54) is 7.05 Å². The smallest absolute Gasteiger partial charge is 0.321 e. The van der Waals surface area contributed by atoms with Crippen LogP contribution in [0.4, 0.5) is 4.79 Å². The monoisotopic (exact) mass is 372 g/mol. The van der Waals surface area contributed by atoms with Crippen LogP contribution in [0.15, 0.2) is 28.7 Å². The highest BCUT2D eigenvalue weighted by atomic mass is 79.9. The van der Waals surface area contributed by atoms with E-state index in [0.717, 1.165) is 4.47 Å². The van der Waals surface area contributed by atoms with Gasteiger partial charge in [0.25, 0.3) is 5.91 Å². The van der Waals surface area contributed by atoms with E-state index in [2.05, 4.69) is 21.2 Å². The van der Waals surface area contributed by atoms with E-state index >= 15 is 0 Å². The summed E-state index contributed by atoms with van der Waals surface area (Å²) in [5.74, 6) is -0.494. The van der Waals surface area contributed by atoms with Crippen molar-refractivity contribution >= 4 is 33.8 Å². The van der Waals surface area contributed by atoms with E-state index in [0.29, 0.717) is 18.8 Å². The summed E-state index contributed by atoms with van der Waals surface area (Å²) in [5, 5.41) is 4.20. The number of nitrogens with one attached hydrogen (secondary N) is 2. The maximum absolute atomic E-state index is 11.4. The number of carbonyl (C=O) groups excluding carboxylic acids is 3. The van der Waals surface area contributed by atoms with Crippen molar-refractivity contribution in [2.24, 2.45) is 0 Å². The van der Waals surface area contributed by atoms with Crippen LogP contribution in [0.2, 0.25) is 0 Å². The summed E-state index contributed by atoms with van der Waals surface area (Å²) in [4.78, 5) is 33.4. The lowest BCUT2D eigenvalue weighted by atomic mass is 10.3. The molecule has 0 aliphatic carbocycles. The largest absolute Gasteiger partial charge is 0.494 e. The van der Waals surface area contributed by atoms with Gasteiger partial charge in [0, 0.05) is 17.9 Å². The van der Waals surface area contributed by atoms with Crippen molar-refractivity contribution < 1.29 is 23.9 Å². The first kappa shape index (κ1) is 18.0. The molecule has 1 rings (SSSR count). The third-order valence-electron chi connectivity index (χ3n) is 2.45. The molecule has 7 nitrogen and oxygen atoms in total. The van der Waals surface area contributed by atoms with Crippen molar-refractivity contribution in [1.82, 2.24) is 10.6 Å². The normalized spacial score (nSPS) is 9.73. The molecule has 8 heteroatoms. The van der Waals surface area contributed by atoms with Gasteiger partial charge in [0.15, 0.2) is 6.61 Å². The van der Waals surface area contributed by atoms with Gasteiger partial charge in [-0.05, 0) is 30.7 Å². The molecule has 22 heavy (non-hydrogen) atoms. The van der Waals surface area contributed by atoms with Crippen LogP contribution in [0.5, 0.6) is 5.75 Å². The average molecular weight is 373 g/mol. The van der Waals surface area contributed by atoms with E-state index in [1.54, 1.807) is 0 Å². The fourth-order valence-corrected chi connectivity index (χ4v) is 1.65. The molecule has 0 saturated carbocycles. The first-order chi connectivity index (χ1) is 10.5. The van der Waals surface area contributed by atoms with Gasteiger partial charge in [-0.2, -0.15) is 0 Å². The third-order valence-corrected chi connectivity index (χ3v) is 2.98. The maximum Gasteiger partial charge on any atom is 0.321 e. The van der Waals surface area contributed by atoms with Gasteiger partial charge in [-0.1, -0.05) is 15.9 Å². The molecule has 0 aromatic heterocycles. The van der Waals surface area contributed by atoms with Gasteiger partial charge in [0.05, 0.1) is 6.61 Å². The SMILES string of the molecule is CNC(=O)NC(=O)COC(=O)CCCOc1ccc(Br)cc1. The lowest BCUT2D eigenvalue weighted by Crippen LogP contribution is -2.39. The van der Waals surface area contributed by atoms with Crippen molar-refractivity contribution in [2.45, 2.75) is 12.8 Å². The number of esters is 1. The average Bonchev–Trinajstić information content (AvgIpc) is 2.51. The van der Waals surface area contributed by atoms with Gasteiger partial charge in [-0.15, -0.1) is 0 Å². The number of benzene rings is 1. The minimum atomic E-state index is -0.682. The first-order valence-corrected chi connectivity index (χ1v) is 7.36. The van der Waals surface area contributed by atoms with Crippen molar-refractivity contribution in [3.05, 3.63) is 28.7 Å². The van der Waals surface area contributed by atoms with E-state index in [1.807, 2.05) is 29.6 Å². The molecule has 2 N–H and O–H groups in total. The molecule has 0 heterocycles. The van der Waals surface area contributed by atoms with Gasteiger partial charge >= 0.3 is 12.0 Å². The van der Waals surface area contributed by atoms with Crippen LogP contribution >= 0.6 is 15.9 Å². The fourth-order valence-electron chi connectivity index (χ4n) is 1.38. The van der Waals surface area contributed by atoms with Crippen molar-refractivity contribution in [2.75, 3.05) is 20.3 Å². The Hall–Kier alpha value is -2.09. The number of carbonyl (C=O) groups is 3. The molecule has 0 radical (unpaired) electrons. The Morgan fingerprint density at radius 2 is 1.86 bits per heavy atom. The van der Waals surface area contributed by atoms with Gasteiger partial charge < -0.3 is 14.8 Å². The Balaban J connectivity index is 2.12. The van der Waals surface area contributed by atoms with Gasteiger partial charge in [0.2, 0.25) is 0 Å². The lowest BCUT2D eigenvalue weighted by molar-refractivity contribution is -0.148. The number of hydrogen-bond acceptors (Lipinski definition) is 5. The summed E-state index contributed by atoms with van der Waals surface area (Å²) in [7, 11) is 1.38. The molecule has 3 amide bonds. The second-order valence-corrected chi connectivity index (χ2v) is 5.11. The standard InChI is InChI=1S/C14H17BrN2O5/c1-16-14(20)17-12(18)9-22-13(19)3-2-8-21-11-6-4-10(15)5-7-11/h4-7H,2-3,8-9H2,1H3,(H2,16,17,18,20). The fraction of sp³-hybridized carbons (Fsp3) is 0.357. The van der Waals surface area contributed by atoms with Crippen LogP contribution in [0.1, 0.15) is 12.8 Å². The molecular formula is C14H17BrN2O5. The second-order valence-electron chi connectivity index (χ2n) is 4.19. The molecule has 1 aromatic rings. The number of amides is 3. The van der Waals surface area contributed by atoms with Crippen LogP contribution < -0.4 is 15.4 Å². The van der Waals surface area contributed by atoms with Crippen molar-refractivity contribution in [3.8, 4) is 5.75 Å². The van der Waals surface area contributed by atoms with Crippen LogP contribution in [-0.4, -0.2) is 38.2 Å². The van der Waals surface area contributed by atoms with Gasteiger partial charge in [0.1, 0.15) is 5.75 Å². The summed E-state index contributed by atoms with van der Waals surface area (Å²) < 4.78 is 11.1. The maximum atomic E-state index is 11.4. The predicted molar refractivity (Wildman–Crippen MR) is 82.4 cm³/mol. The molecule has 0 spiro atoms. The van der Waals surface area contributed by atoms with Crippen molar-refractivity contribution in [1.29, 1.82) is 0 Å². The number of rotatable bonds is 7. The molecule has 0 fully saturated rings. The van der Waals surface area contributed by atoms with Crippen LogP contribution in [0, 0.1) is 0 Å². The van der Waals surface area contributed by atoms with Crippen LogP contribution in [0.25, 0.3) is 0 Å². The zero-order chi connectivity index (χ0) is 16.4. The van der Waals surface area contributed by atoms with E-state index in [9.17, 15) is 14.4 Å². The van der Waals surface area contributed by atoms with E-state index in [4.69, 9.17) is 9.47 Å². The molecular weight excluding hydrogens is 356 g/mol. The summed E-state index contributed by atoms with van der Waals surface area (Å²) in [6.07, 6.45) is 0.593. The molecule has 0 atom stereocenters. The zero-order valence-corrected chi connectivity index (χ0v) is 13.6. The zero-order valence-electron chi connectivity index (χ0n) is 12.1. The van der Waals surface area contributed by atoms with Gasteiger partial charge in [-0.25, -0.2) is 4.79 Å². The minimum absolute atomic E-state index is 0.129. The molecule has 0 aliphatic rings. The topological polar surface area (TPSA) is 93.7 Å². The molecule has 0 aliphatic heterocycles. The van der Waals surface area contributed by atoms with Crippen LogP contribution in [0.3, 0.4) is 0 Å². The van der Waals surface area contributed by atoms with Crippen molar-refractivity contribution in [3.63, 3.8) is 0 Å². The molecule has 1 aromatic carbocycles. The Labute approximate surface area is 136 Å². The predicted octanol–water partition coefficient (Wildman–Crippen LogP) is 1.61. The Kier molecular flexibility index (Phi) is 7.98. The highest BCUT2D eigenvalue weighted by molar-refractivity contribution is 9.10. The number of hydrogen-bond donors (Lipinski definition) is 2. The lowest BCUT2D eigenvalue weighted by Gasteiger charge is -2.07. The number of urea groups is 1. The number of halogens is 1. The Bertz CT molecular complexity index is 518. The molecule has 0 bridgehead atoms. The molecule has 0 saturated heterocycles. The Morgan fingerprint density at radius 3 is 2.50 bits per heavy atom. The molecule has 120 valence electrons. The first-order valence-electron chi connectivity index (χ1n) is 6.57.